The van der Waals surface area contributed by atoms with Crippen LogP contribution in [-0.4, -0.2) is 49.4 Å². The Hall–Kier alpha value is -2.80. The van der Waals surface area contributed by atoms with Crippen molar-refractivity contribution < 1.29 is 42.0 Å². The lowest BCUT2D eigenvalue weighted by Gasteiger charge is -2.27. The van der Waals surface area contributed by atoms with E-state index in [1.54, 1.807) is 20.8 Å². The molecule has 186 valence electrons. The fraction of sp³-hybridized carbons (Fsp3) is 0.440. The fourth-order valence-electron chi connectivity index (χ4n) is 3.04. The van der Waals surface area contributed by atoms with Gasteiger partial charge in [-0.3, -0.25) is 0 Å². The largest absolute Gasteiger partial charge is 0.487 e. The van der Waals surface area contributed by atoms with E-state index in [4.69, 9.17) is 25.7 Å². The van der Waals surface area contributed by atoms with Gasteiger partial charge in [0.15, 0.2) is 34.8 Å². The zero-order chi connectivity index (χ0) is 25.5. The van der Waals surface area contributed by atoms with Gasteiger partial charge in [-0.25, -0.2) is 17.6 Å². The molecule has 0 aliphatic carbocycles. The van der Waals surface area contributed by atoms with Crippen LogP contribution in [0.5, 0.6) is 11.5 Å². The lowest BCUT2D eigenvalue weighted by atomic mass is 9.78. The molecule has 0 saturated heterocycles. The molecular weight excluding hydrogens is 456 g/mol. The molecule has 0 heterocycles. The highest BCUT2D eigenvalue weighted by Crippen LogP contribution is 2.37. The van der Waals surface area contributed by atoms with Gasteiger partial charge in [0.1, 0.15) is 19.3 Å². The van der Waals surface area contributed by atoms with E-state index in [1.165, 1.54) is 0 Å². The number of hydrogen-bond acceptors (Lipinski definition) is 5. The lowest BCUT2D eigenvalue weighted by Crippen LogP contribution is -2.24. The summed E-state index contributed by atoms with van der Waals surface area (Å²) in [5.74, 6) is -3.44. The van der Waals surface area contributed by atoms with Crippen molar-refractivity contribution in [1.29, 1.82) is 0 Å². The first-order valence-corrected chi connectivity index (χ1v) is 10.6. The van der Waals surface area contributed by atoms with Gasteiger partial charge in [0.2, 0.25) is 0 Å². The number of ether oxygens (including phenoxy) is 3. The van der Waals surface area contributed by atoms with Crippen molar-refractivity contribution in [3.63, 3.8) is 0 Å². The summed E-state index contributed by atoms with van der Waals surface area (Å²) in [6.07, 6.45) is 3.86. The fourth-order valence-corrected chi connectivity index (χ4v) is 3.04. The van der Waals surface area contributed by atoms with E-state index in [-0.39, 0.29) is 43.5 Å². The summed E-state index contributed by atoms with van der Waals surface area (Å²) in [5.41, 5.74) is -0.964. The number of benzene rings is 2. The topological polar surface area (TPSA) is 68.2 Å². The summed E-state index contributed by atoms with van der Waals surface area (Å²) >= 11 is 0. The predicted octanol–water partition coefficient (Wildman–Crippen LogP) is 3.97. The third-order valence-corrected chi connectivity index (χ3v) is 5.18. The molecule has 2 atom stereocenters. The molecule has 9 heteroatoms. The van der Waals surface area contributed by atoms with Crippen LogP contribution in [0.4, 0.5) is 17.6 Å². The van der Waals surface area contributed by atoms with Crippen LogP contribution < -0.4 is 9.47 Å². The van der Waals surface area contributed by atoms with Gasteiger partial charge in [0.05, 0.1) is 13.2 Å². The molecule has 2 aromatic carbocycles. The summed E-state index contributed by atoms with van der Waals surface area (Å²) in [5, 5.41) is 18.8. The molecule has 5 nitrogen and oxygen atoms in total. The van der Waals surface area contributed by atoms with Crippen molar-refractivity contribution in [3.05, 3.63) is 58.7 Å². The summed E-state index contributed by atoms with van der Waals surface area (Å²) in [6, 6.07) is 4.08. The summed E-state index contributed by atoms with van der Waals surface area (Å²) in [4.78, 5) is 0. The van der Waals surface area contributed by atoms with Crippen molar-refractivity contribution in [2.45, 2.75) is 32.3 Å². The Balaban J connectivity index is 2.24. The minimum absolute atomic E-state index is 0.0281. The van der Waals surface area contributed by atoms with Crippen molar-refractivity contribution in [1.82, 2.24) is 0 Å². The van der Waals surface area contributed by atoms with Crippen LogP contribution in [0.15, 0.2) is 24.3 Å². The smallest absolute Gasteiger partial charge is 0.190 e. The molecule has 0 bridgehead atoms. The van der Waals surface area contributed by atoms with Gasteiger partial charge in [-0.15, -0.1) is 6.42 Å². The van der Waals surface area contributed by atoms with E-state index in [0.29, 0.717) is 0 Å². The molecule has 2 aromatic rings. The van der Waals surface area contributed by atoms with E-state index < -0.39 is 52.9 Å². The van der Waals surface area contributed by atoms with Gasteiger partial charge in [0, 0.05) is 17.9 Å². The highest BCUT2D eigenvalue weighted by Gasteiger charge is 2.29. The maximum absolute atomic E-state index is 14.7. The molecule has 0 fully saturated rings. The Kier molecular flexibility index (Phi) is 9.74. The highest BCUT2D eigenvalue weighted by atomic mass is 19.1. The van der Waals surface area contributed by atoms with Gasteiger partial charge < -0.3 is 24.4 Å². The highest BCUT2D eigenvalue weighted by molar-refractivity contribution is 5.44. The molecule has 0 aliphatic rings. The molecule has 0 aromatic heterocycles. The van der Waals surface area contributed by atoms with Crippen molar-refractivity contribution in [3.8, 4) is 23.8 Å². The molecular formula is C25H28F4O5. The standard InChI is InChI=1S/C25H28F4O5/c1-5-6-32-13-18(31)14-34-24-21(28)9-17(10-22(24)29)25(3,4)16-7-19(26)23(20(27)8-16)33-12-15(2)11-30/h1,7-10,15,18,30-31H,6,11-14H2,2-4H3. The minimum Gasteiger partial charge on any atom is -0.487 e. The zero-order valence-corrected chi connectivity index (χ0v) is 19.2. The Morgan fingerprint density at radius 3 is 1.74 bits per heavy atom. The first-order valence-electron chi connectivity index (χ1n) is 10.6. The number of terminal acetylenes is 1. The van der Waals surface area contributed by atoms with E-state index in [2.05, 4.69) is 5.92 Å². The van der Waals surface area contributed by atoms with E-state index in [1.807, 2.05) is 0 Å². The van der Waals surface area contributed by atoms with E-state index in [0.717, 1.165) is 24.3 Å². The molecule has 0 aliphatic heterocycles. The molecule has 2 N–H and O–H groups in total. The third kappa shape index (κ3) is 6.86. The summed E-state index contributed by atoms with van der Waals surface area (Å²) in [6.45, 7) is 3.83. The first-order chi connectivity index (χ1) is 16.0. The van der Waals surface area contributed by atoms with Crippen LogP contribution in [0.25, 0.3) is 0 Å². The van der Waals surface area contributed by atoms with Gasteiger partial charge in [-0.2, -0.15) is 0 Å². The molecule has 0 radical (unpaired) electrons. The Bertz CT molecular complexity index is 973. The van der Waals surface area contributed by atoms with Crippen LogP contribution >= 0.6 is 0 Å². The van der Waals surface area contributed by atoms with Gasteiger partial charge in [0.25, 0.3) is 0 Å². The molecule has 0 saturated carbocycles. The molecule has 0 spiro atoms. The second kappa shape index (κ2) is 12.1. The molecule has 2 rings (SSSR count). The summed E-state index contributed by atoms with van der Waals surface area (Å²) < 4.78 is 73.6. The van der Waals surface area contributed by atoms with E-state index in [9.17, 15) is 22.7 Å². The number of halogens is 4. The normalized spacial score (nSPS) is 13.3. The molecule has 2 unspecified atom stereocenters. The van der Waals surface area contributed by atoms with Gasteiger partial charge in [-0.05, 0) is 35.4 Å². The van der Waals surface area contributed by atoms with Crippen LogP contribution in [0, 0.1) is 41.5 Å². The minimum atomic E-state index is -1.19. The molecule has 34 heavy (non-hydrogen) atoms. The Morgan fingerprint density at radius 2 is 1.32 bits per heavy atom. The third-order valence-electron chi connectivity index (χ3n) is 5.18. The lowest BCUT2D eigenvalue weighted by molar-refractivity contribution is 0.0211. The zero-order valence-electron chi connectivity index (χ0n) is 19.2. The average molecular weight is 484 g/mol. The number of aliphatic hydroxyl groups is 2. The van der Waals surface area contributed by atoms with Crippen LogP contribution in [0.1, 0.15) is 31.9 Å². The van der Waals surface area contributed by atoms with Crippen molar-refractivity contribution >= 4 is 0 Å². The average Bonchev–Trinajstić information content (AvgIpc) is 2.77. The predicted molar refractivity (Wildman–Crippen MR) is 118 cm³/mol. The van der Waals surface area contributed by atoms with Crippen LogP contribution in [-0.2, 0) is 10.2 Å². The first kappa shape index (κ1) is 27.4. The second-order valence-electron chi connectivity index (χ2n) is 8.45. The summed E-state index contributed by atoms with van der Waals surface area (Å²) in [7, 11) is 0. The maximum Gasteiger partial charge on any atom is 0.190 e. The second-order valence-corrected chi connectivity index (χ2v) is 8.45. The van der Waals surface area contributed by atoms with Crippen molar-refractivity contribution in [2.75, 3.05) is 33.0 Å². The number of hydrogen-bond donors (Lipinski definition) is 2. The molecule has 0 amide bonds. The van der Waals surface area contributed by atoms with E-state index >= 15 is 0 Å². The SMILES string of the molecule is C#CCOCC(O)COc1c(F)cc(C(C)(C)c2cc(F)c(OCC(C)CO)c(F)c2)cc1F. The Morgan fingerprint density at radius 1 is 0.882 bits per heavy atom. The quantitative estimate of drug-likeness (QED) is 0.271. The maximum atomic E-state index is 14.7. The Labute approximate surface area is 196 Å². The number of aliphatic hydroxyl groups excluding tert-OH is 2. The van der Waals surface area contributed by atoms with Gasteiger partial charge in [-0.1, -0.05) is 26.7 Å². The van der Waals surface area contributed by atoms with Gasteiger partial charge >= 0.3 is 0 Å². The number of rotatable bonds is 12. The van der Waals surface area contributed by atoms with Crippen LogP contribution in [0.3, 0.4) is 0 Å². The van der Waals surface area contributed by atoms with Crippen LogP contribution in [0.2, 0.25) is 0 Å². The van der Waals surface area contributed by atoms with Crippen molar-refractivity contribution in [2.24, 2.45) is 5.92 Å². The monoisotopic (exact) mass is 484 g/mol.